The molecule has 0 unspecified atom stereocenters. The first-order valence-electron chi connectivity index (χ1n) is 11.8. The first-order chi connectivity index (χ1) is 16.3. The molecule has 4 rings (SSSR count). The molecule has 8 nitrogen and oxygen atoms in total. The van der Waals surface area contributed by atoms with Gasteiger partial charge in [0.05, 0.1) is 30.2 Å². The summed E-state index contributed by atoms with van der Waals surface area (Å²) >= 11 is 0. The first kappa shape index (κ1) is 25.3. The molecule has 3 aliphatic rings. The predicted octanol–water partition coefficient (Wildman–Crippen LogP) is 3.62. The molecule has 2 atom stereocenters. The summed E-state index contributed by atoms with van der Waals surface area (Å²) in [6, 6.07) is 2.50. The fourth-order valence-electron chi connectivity index (χ4n) is 5.88. The Labute approximate surface area is 202 Å². The fourth-order valence-corrected chi connectivity index (χ4v) is 5.88. The van der Waals surface area contributed by atoms with E-state index in [0.29, 0.717) is 44.8 Å². The normalized spacial score (nSPS) is 26.7. The molecule has 11 heteroatoms. The van der Waals surface area contributed by atoms with Crippen molar-refractivity contribution in [1.29, 1.82) is 0 Å². The highest BCUT2D eigenvalue weighted by molar-refractivity contribution is 6.10. The van der Waals surface area contributed by atoms with Gasteiger partial charge in [0.1, 0.15) is 12.1 Å². The number of carbonyl (C=O) groups is 3. The van der Waals surface area contributed by atoms with Crippen LogP contribution in [0.25, 0.3) is 0 Å². The van der Waals surface area contributed by atoms with Crippen molar-refractivity contribution in [3.8, 4) is 0 Å². The summed E-state index contributed by atoms with van der Waals surface area (Å²) in [6.07, 6.45) is -2.74. The highest BCUT2D eigenvalue weighted by Crippen LogP contribution is 2.46. The van der Waals surface area contributed by atoms with Gasteiger partial charge in [-0.3, -0.25) is 14.5 Å². The summed E-state index contributed by atoms with van der Waals surface area (Å²) in [4.78, 5) is 41.6. The molecule has 2 N–H and O–H groups in total. The van der Waals surface area contributed by atoms with Crippen molar-refractivity contribution in [2.24, 2.45) is 11.3 Å². The molecule has 0 aromatic heterocycles. The summed E-state index contributed by atoms with van der Waals surface area (Å²) in [7, 11) is 0. The zero-order chi connectivity index (χ0) is 25.6. The predicted molar refractivity (Wildman–Crippen MR) is 123 cm³/mol. The van der Waals surface area contributed by atoms with E-state index in [1.807, 2.05) is 25.7 Å². The Hall–Kier alpha value is -2.82. The van der Waals surface area contributed by atoms with E-state index in [4.69, 9.17) is 4.74 Å². The van der Waals surface area contributed by atoms with Gasteiger partial charge in [-0.2, -0.15) is 13.2 Å². The lowest BCUT2D eigenvalue weighted by molar-refractivity contribution is -0.137. The van der Waals surface area contributed by atoms with Crippen LogP contribution in [-0.4, -0.2) is 61.1 Å². The number of benzene rings is 1. The fraction of sp³-hybridized carbons (Fsp3) is 0.625. The Morgan fingerprint density at radius 1 is 1.20 bits per heavy atom. The number of hydrogen-bond donors (Lipinski definition) is 2. The third kappa shape index (κ3) is 5.24. The lowest BCUT2D eigenvalue weighted by Crippen LogP contribution is -2.54. The highest BCUT2D eigenvalue weighted by atomic mass is 19.4. The third-order valence-corrected chi connectivity index (χ3v) is 6.88. The SMILES string of the molecule is C[C@H]1CC(C)(C)C[C@@]2(C1)NC(=O)N(CC(=O)Nc1cc(C(F)(F)F)ccc1N1CCOCC1)C2=O. The number of halogens is 3. The number of rotatable bonds is 4. The Balaban J connectivity index is 1.54. The van der Waals surface area contributed by atoms with Crippen molar-refractivity contribution in [3.63, 3.8) is 0 Å². The number of amides is 4. The van der Waals surface area contributed by atoms with Crippen LogP contribution in [0.4, 0.5) is 29.3 Å². The van der Waals surface area contributed by atoms with Gasteiger partial charge in [0.2, 0.25) is 5.91 Å². The van der Waals surface area contributed by atoms with Gasteiger partial charge in [0.15, 0.2) is 0 Å². The summed E-state index contributed by atoms with van der Waals surface area (Å²) in [5, 5.41) is 5.31. The van der Waals surface area contributed by atoms with Gasteiger partial charge in [-0.05, 0) is 48.8 Å². The van der Waals surface area contributed by atoms with E-state index in [9.17, 15) is 27.6 Å². The molecular formula is C24H31F3N4O4. The van der Waals surface area contributed by atoms with E-state index in [-0.39, 0.29) is 17.0 Å². The Bertz CT molecular complexity index is 1020. The van der Waals surface area contributed by atoms with E-state index in [1.54, 1.807) is 0 Å². The molecule has 2 heterocycles. The molecule has 1 aromatic rings. The van der Waals surface area contributed by atoms with Crippen molar-refractivity contribution in [2.45, 2.75) is 51.7 Å². The van der Waals surface area contributed by atoms with Crippen LogP contribution in [-0.2, 0) is 20.5 Å². The number of carbonyl (C=O) groups excluding carboxylic acids is 3. The molecule has 0 bridgehead atoms. The van der Waals surface area contributed by atoms with Gasteiger partial charge in [-0.15, -0.1) is 0 Å². The van der Waals surface area contributed by atoms with Gasteiger partial charge in [-0.25, -0.2) is 4.79 Å². The largest absolute Gasteiger partial charge is 0.416 e. The van der Waals surface area contributed by atoms with E-state index in [0.717, 1.165) is 23.5 Å². The molecular weight excluding hydrogens is 465 g/mol. The van der Waals surface area contributed by atoms with Crippen LogP contribution in [0, 0.1) is 11.3 Å². The average molecular weight is 497 g/mol. The molecule has 1 saturated carbocycles. The quantitative estimate of drug-likeness (QED) is 0.622. The van der Waals surface area contributed by atoms with E-state index in [2.05, 4.69) is 10.6 Å². The standard InChI is InChI=1S/C24H31F3N4O4/c1-15-11-22(2,3)14-23(12-15)20(33)31(21(34)29-23)13-19(32)28-17-10-16(24(25,26)27)4-5-18(17)30-6-8-35-9-7-30/h4-5,10,15H,6-9,11-14H2,1-3H3,(H,28,32)(H,29,34)/t15-,23+/m0/s1. The molecule has 1 spiro atoms. The molecule has 0 radical (unpaired) electrons. The van der Waals surface area contributed by atoms with Crippen molar-refractivity contribution >= 4 is 29.2 Å². The Morgan fingerprint density at radius 3 is 2.51 bits per heavy atom. The summed E-state index contributed by atoms with van der Waals surface area (Å²) in [6.45, 7) is 7.26. The molecule has 4 amide bonds. The van der Waals surface area contributed by atoms with E-state index in [1.165, 1.54) is 6.07 Å². The van der Waals surface area contributed by atoms with Gasteiger partial charge in [0, 0.05) is 13.1 Å². The number of nitrogens with zero attached hydrogens (tertiary/aromatic N) is 2. The topological polar surface area (TPSA) is 91.0 Å². The number of urea groups is 1. The van der Waals surface area contributed by atoms with Crippen LogP contribution in [0.5, 0.6) is 0 Å². The number of nitrogens with one attached hydrogen (secondary N) is 2. The van der Waals surface area contributed by atoms with Crippen LogP contribution in [0.2, 0.25) is 0 Å². The molecule has 2 aliphatic heterocycles. The number of imide groups is 1. The lowest BCUT2D eigenvalue weighted by atomic mass is 9.64. The maximum atomic E-state index is 13.4. The second-order valence-electron chi connectivity index (χ2n) is 10.6. The minimum atomic E-state index is -4.59. The zero-order valence-corrected chi connectivity index (χ0v) is 20.1. The van der Waals surface area contributed by atoms with Crippen LogP contribution in [0.3, 0.4) is 0 Å². The average Bonchev–Trinajstić information content (AvgIpc) is 2.95. The summed E-state index contributed by atoms with van der Waals surface area (Å²) in [5.74, 6) is -1.00. The minimum Gasteiger partial charge on any atom is -0.378 e. The molecule has 3 fully saturated rings. The monoisotopic (exact) mass is 496 g/mol. The second-order valence-corrected chi connectivity index (χ2v) is 10.6. The minimum absolute atomic E-state index is 0.0269. The third-order valence-electron chi connectivity index (χ3n) is 6.88. The number of hydrogen-bond acceptors (Lipinski definition) is 5. The summed E-state index contributed by atoms with van der Waals surface area (Å²) < 4.78 is 45.4. The molecule has 2 saturated heterocycles. The first-order valence-corrected chi connectivity index (χ1v) is 11.8. The van der Waals surface area contributed by atoms with Crippen molar-refractivity contribution in [2.75, 3.05) is 43.1 Å². The smallest absolute Gasteiger partial charge is 0.378 e. The van der Waals surface area contributed by atoms with Crippen molar-refractivity contribution in [1.82, 2.24) is 10.2 Å². The van der Waals surface area contributed by atoms with Crippen molar-refractivity contribution in [3.05, 3.63) is 23.8 Å². The van der Waals surface area contributed by atoms with Crippen LogP contribution >= 0.6 is 0 Å². The van der Waals surface area contributed by atoms with Gasteiger partial charge < -0.3 is 20.3 Å². The number of ether oxygens (including phenoxy) is 1. The zero-order valence-electron chi connectivity index (χ0n) is 20.1. The molecule has 1 aromatic carbocycles. The van der Waals surface area contributed by atoms with E-state index < -0.39 is 41.7 Å². The molecule has 35 heavy (non-hydrogen) atoms. The molecule has 192 valence electrons. The Kier molecular flexibility index (Phi) is 6.50. The van der Waals surface area contributed by atoms with Crippen LogP contribution < -0.4 is 15.5 Å². The number of morpholine rings is 1. The van der Waals surface area contributed by atoms with Crippen molar-refractivity contribution < 1.29 is 32.3 Å². The molecule has 1 aliphatic carbocycles. The van der Waals surface area contributed by atoms with E-state index >= 15 is 0 Å². The van der Waals surface area contributed by atoms with Crippen LogP contribution in [0.1, 0.15) is 45.6 Å². The Morgan fingerprint density at radius 2 is 1.89 bits per heavy atom. The maximum absolute atomic E-state index is 13.4. The van der Waals surface area contributed by atoms with Gasteiger partial charge in [0.25, 0.3) is 5.91 Å². The second kappa shape index (κ2) is 9.00. The summed E-state index contributed by atoms with van der Waals surface area (Å²) in [5.41, 5.74) is -1.73. The van der Waals surface area contributed by atoms with Crippen LogP contribution in [0.15, 0.2) is 18.2 Å². The van der Waals surface area contributed by atoms with Gasteiger partial charge in [-0.1, -0.05) is 20.8 Å². The maximum Gasteiger partial charge on any atom is 0.416 e. The highest BCUT2D eigenvalue weighted by Gasteiger charge is 2.56. The number of anilines is 2. The number of alkyl halides is 3. The van der Waals surface area contributed by atoms with Gasteiger partial charge >= 0.3 is 12.2 Å². The lowest BCUT2D eigenvalue weighted by Gasteiger charge is -2.43.